The molecule has 6 rings (SSSR count). The second-order valence-corrected chi connectivity index (χ2v) is 9.83. The predicted molar refractivity (Wildman–Crippen MR) is 110 cm³/mol. The van der Waals surface area contributed by atoms with Gasteiger partial charge in [-0.2, -0.15) is 5.26 Å². The van der Waals surface area contributed by atoms with E-state index in [0.717, 1.165) is 74.5 Å². The average Bonchev–Trinajstić information content (AvgIpc) is 2.74. The van der Waals surface area contributed by atoms with E-state index in [4.69, 9.17) is 4.74 Å². The molecule has 0 radical (unpaired) electrons. The van der Waals surface area contributed by atoms with Gasteiger partial charge in [-0.1, -0.05) is 12.1 Å². The van der Waals surface area contributed by atoms with Crippen molar-refractivity contribution in [2.75, 3.05) is 33.3 Å². The number of nitriles is 1. The largest absolute Gasteiger partial charge is 0.497 e. The molecule has 1 heterocycles. The van der Waals surface area contributed by atoms with E-state index in [0.29, 0.717) is 5.91 Å². The topological polar surface area (TPSA) is 56.6 Å². The number of rotatable bonds is 4. The third-order valence-corrected chi connectivity index (χ3v) is 8.01. The van der Waals surface area contributed by atoms with Crippen LogP contribution in [0.3, 0.4) is 0 Å². The summed E-state index contributed by atoms with van der Waals surface area (Å²) in [4.78, 5) is 17.9. The van der Waals surface area contributed by atoms with E-state index >= 15 is 0 Å². The molecule has 1 atom stereocenters. The number of carbonyl (C=O) groups is 1. The van der Waals surface area contributed by atoms with E-state index in [1.807, 2.05) is 24.3 Å². The molecule has 1 aromatic rings. The van der Waals surface area contributed by atoms with Crippen LogP contribution >= 0.6 is 0 Å². The number of carbonyl (C=O) groups excluding carboxylic acids is 1. The molecule has 0 aromatic heterocycles. The van der Waals surface area contributed by atoms with Gasteiger partial charge in [-0.3, -0.25) is 9.69 Å². The van der Waals surface area contributed by atoms with Gasteiger partial charge in [0.25, 0.3) is 0 Å². The minimum Gasteiger partial charge on any atom is -0.497 e. The Morgan fingerprint density at radius 2 is 1.59 bits per heavy atom. The van der Waals surface area contributed by atoms with Crippen LogP contribution in [0.1, 0.15) is 50.1 Å². The lowest BCUT2D eigenvalue weighted by atomic mass is 9.49. The van der Waals surface area contributed by atoms with Gasteiger partial charge in [0.2, 0.25) is 5.91 Å². The standard InChI is InChI=1S/C24H31N3O2/c1-29-21-4-2-20(3-5-21)22(16-25)26-6-8-27(9-7-26)23(28)24-13-17-10-18(14-24)12-19(11-17)15-24/h2-5,17-19,22H,6-15H2,1H3. The Balaban J connectivity index is 1.24. The van der Waals surface area contributed by atoms with Gasteiger partial charge in [0.05, 0.1) is 18.6 Å². The molecule has 1 amide bonds. The van der Waals surface area contributed by atoms with Gasteiger partial charge in [0, 0.05) is 26.2 Å². The van der Waals surface area contributed by atoms with Crippen molar-refractivity contribution in [3.05, 3.63) is 29.8 Å². The zero-order valence-corrected chi connectivity index (χ0v) is 17.3. The van der Waals surface area contributed by atoms with Crippen LogP contribution in [-0.2, 0) is 4.79 Å². The van der Waals surface area contributed by atoms with Gasteiger partial charge in [-0.05, 0) is 74.0 Å². The van der Waals surface area contributed by atoms with Crippen molar-refractivity contribution in [2.45, 2.75) is 44.6 Å². The molecule has 29 heavy (non-hydrogen) atoms. The third-order valence-electron chi connectivity index (χ3n) is 8.01. The van der Waals surface area contributed by atoms with Crippen molar-refractivity contribution in [1.29, 1.82) is 5.26 Å². The molecule has 154 valence electrons. The maximum Gasteiger partial charge on any atom is 0.228 e. The number of ether oxygens (including phenoxy) is 1. The van der Waals surface area contributed by atoms with Gasteiger partial charge < -0.3 is 9.64 Å². The Kier molecular flexibility index (Phi) is 4.78. The molecule has 5 nitrogen and oxygen atoms in total. The monoisotopic (exact) mass is 393 g/mol. The lowest BCUT2D eigenvalue weighted by Gasteiger charge is -2.57. The molecule has 4 aliphatic carbocycles. The van der Waals surface area contributed by atoms with E-state index in [1.54, 1.807) is 7.11 Å². The summed E-state index contributed by atoms with van der Waals surface area (Å²) in [7, 11) is 1.65. The molecule has 5 heteroatoms. The Morgan fingerprint density at radius 1 is 1.03 bits per heavy atom. The van der Waals surface area contributed by atoms with Crippen molar-refractivity contribution in [2.24, 2.45) is 23.2 Å². The van der Waals surface area contributed by atoms with Crippen LogP contribution in [0, 0.1) is 34.5 Å². The molecule has 1 aromatic carbocycles. The van der Waals surface area contributed by atoms with Crippen LogP contribution < -0.4 is 4.74 Å². The summed E-state index contributed by atoms with van der Waals surface area (Å²) in [6.07, 6.45) is 7.49. The molecule has 4 bridgehead atoms. The van der Waals surface area contributed by atoms with Crippen LogP contribution in [0.5, 0.6) is 5.75 Å². The predicted octanol–water partition coefficient (Wildman–Crippen LogP) is 3.62. The summed E-state index contributed by atoms with van der Waals surface area (Å²) in [6, 6.07) is 9.96. The number of hydrogen-bond donors (Lipinski definition) is 0. The normalized spacial score (nSPS) is 34.6. The fourth-order valence-electron chi connectivity index (χ4n) is 7.04. The lowest BCUT2D eigenvalue weighted by molar-refractivity contribution is -0.159. The minimum absolute atomic E-state index is 0.0540. The number of methoxy groups -OCH3 is 1. The highest BCUT2D eigenvalue weighted by Gasteiger charge is 2.55. The van der Waals surface area contributed by atoms with E-state index in [1.165, 1.54) is 19.3 Å². The SMILES string of the molecule is COc1ccc(C(C#N)N2CCN(C(=O)C34CC5CC(CC(C5)C3)C4)CC2)cc1. The highest BCUT2D eigenvalue weighted by molar-refractivity contribution is 5.83. The number of benzene rings is 1. The van der Waals surface area contributed by atoms with Crippen molar-refractivity contribution in [1.82, 2.24) is 9.80 Å². The van der Waals surface area contributed by atoms with E-state index < -0.39 is 0 Å². The fraction of sp³-hybridized carbons (Fsp3) is 0.667. The van der Waals surface area contributed by atoms with Crippen molar-refractivity contribution in [3.63, 3.8) is 0 Å². The molecule has 1 unspecified atom stereocenters. The Hall–Kier alpha value is -2.06. The summed E-state index contributed by atoms with van der Waals surface area (Å²) in [5.41, 5.74) is 0.941. The molecule has 0 N–H and O–H groups in total. The van der Waals surface area contributed by atoms with Crippen molar-refractivity contribution < 1.29 is 9.53 Å². The summed E-state index contributed by atoms with van der Waals surface area (Å²) < 4.78 is 5.23. The van der Waals surface area contributed by atoms with Crippen molar-refractivity contribution in [3.8, 4) is 11.8 Å². The van der Waals surface area contributed by atoms with E-state index in [2.05, 4.69) is 15.9 Å². The zero-order valence-electron chi connectivity index (χ0n) is 17.3. The second-order valence-electron chi connectivity index (χ2n) is 9.83. The second kappa shape index (κ2) is 7.32. The summed E-state index contributed by atoms with van der Waals surface area (Å²) >= 11 is 0. The van der Waals surface area contributed by atoms with Crippen LogP contribution in [0.25, 0.3) is 0 Å². The van der Waals surface area contributed by atoms with Gasteiger partial charge in [-0.15, -0.1) is 0 Å². The molecular weight excluding hydrogens is 362 g/mol. The fourth-order valence-corrected chi connectivity index (χ4v) is 7.04. The van der Waals surface area contributed by atoms with Crippen LogP contribution in [0.2, 0.25) is 0 Å². The number of amides is 1. The van der Waals surface area contributed by atoms with Gasteiger partial charge in [0.1, 0.15) is 11.8 Å². The highest BCUT2D eigenvalue weighted by Crippen LogP contribution is 2.60. The Bertz CT molecular complexity index is 769. The first-order chi connectivity index (χ1) is 14.1. The Morgan fingerprint density at radius 3 is 2.07 bits per heavy atom. The molecule has 1 aliphatic heterocycles. The summed E-state index contributed by atoms with van der Waals surface area (Å²) in [6.45, 7) is 3.02. The van der Waals surface area contributed by atoms with Crippen LogP contribution in [0.4, 0.5) is 0 Å². The maximum atomic E-state index is 13.6. The third kappa shape index (κ3) is 3.32. The van der Waals surface area contributed by atoms with Gasteiger partial charge in [-0.25, -0.2) is 0 Å². The molecule has 5 aliphatic rings. The number of nitrogens with zero attached hydrogens (tertiary/aromatic N) is 3. The van der Waals surface area contributed by atoms with Crippen LogP contribution in [0.15, 0.2) is 24.3 Å². The van der Waals surface area contributed by atoms with Crippen LogP contribution in [-0.4, -0.2) is 49.0 Å². The Labute approximate surface area is 173 Å². The first kappa shape index (κ1) is 18.9. The van der Waals surface area contributed by atoms with E-state index in [9.17, 15) is 10.1 Å². The first-order valence-corrected chi connectivity index (χ1v) is 11.2. The summed E-state index contributed by atoms with van der Waals surface area (Å²) in [5, 5.41) is 9.78. The molecule has 0 spiro atoms. The quantitative estimate of drug-likeness (QED) is 0.784. The number of piperazine rings is 1. The van der Waals surface area contributed by atoms with E-state index in [-0.39, 0.29) is 11.5 Å². The highest BCUT2D eigenvalue weighted by atomic mass is 16.5. The lowest BCUT2D eigenvalue weighted by Crippen LogP contribution is -2.58. The average molecular weight is 394 g/mol. The zero-order chi connectivity index (χ0) is 20.0. The summed E-state index contributed by atoms with van der Waals surface area (Å²) in [5.74, 6) is 3.62. The number of hydrogen-bond acceptors (Lipinski definition) is 4. The molecule has 1 saturated heterocycles. The minimum atomic E-state index is -0.266. The molecule has 4 saturated carbocycles. The van der Waals surface area contributed by atoms with Gasteiger partial charge >= 0.3 is 0 Å². The van der Waals surface area contributed by atoms with Gasteiger partial charge in [0.15, 0.2) is 0 Å². The molecule has 5 fully saturated rings. The van der Waals surface area contributed by atoms with Crippen molar-refractivity contribution >= 4 is 5.91 Å². The maximum absolute atomic E-state index is 13.6. The first-order valence-electron chi connectivity index (χ1n) is 11.2. The molecular formula is C24H31N3O2. The smallest absolute Gasteiger partial charge is 0.228 e.